The van der Waals surface area contributed by atoms with Crippen LogP contribution in [0, 0.1) is 22.7 Å². The van der Waals surface area contributed by atoms with Gasteiger partial charge in [0.05, 0.1) is 4.88 Å². The van der Waals surface area contributed by atoms with Gasteiger partial charge in [0.2, 0.25) is 0 Å². The number of rotatable bonds is 3. The van der Waals surface area contributed by atoms with Crippen LogP contribution in [0.25, 0.3) is 38.8 Å². The predicted molar refractivity (Wildman–Crippen MR) is 106 cm³/mol. The van der Waals surface area contributed by atoms with Crippen molar-refractivity contribution in [3.8, 4) is 39.8 Å². The largest absolute Gasteiger partial charge is 0.508 e. The molecule has 0 aliphatic rings. The van der Waals surface area contributed by atoms with E-state index in [-0.39, 0.29) is 11.3 Å². The molecule has 4 rings (SSSR count). The fraction of sp³-hybridized carbons (Fsp3) is 0. The zero-order valence-corrected chi connectivity index (χ0v) is 14.8. The molecule has 0 fully saturated rings. The first-order valence-electron chi connectivity index (χ1n) is 8.12. The number of allylic oxidation sites excluding steroid dienone is 1. The number of hydrogen-bond donors (Lipinski definition) is 1. The second kappa shape index (κ2) is 6.84. The molecule has 2 aromatic heterocycles. The number of thiophene rings is 1. The molecule has 0 bridgehead atoms. The molecule has 2 aromatic carbocycles. The Kier molecular flexibility index (Phi) is 4.22. The molecule has 0 atom stereocenters. The minimum atomic E-state index is 0.0671. The third-order valence-electron chi connectivity index (χ3n) is 4.13. The minimum absolute atomic E-state index is 0.0671. The molecule has 0 spiro atoms. The van der Waals surface area contributed by atoms with Gasteiger partial charge in [-0.15, -0.1) is 11.3 Å². The van der Waals surface area contributed by atoms with E-state index < -0.39 is 0 Å². The lowest BCUT2D eigenvalue weighted by atomic mass is 10.1. The van der Waals surface area contributed by atoms with Crippen molar-refractivity contribution in [2.75, 3.05) is 0 Å². The average molecular weight is 368 g/mol. The summed E-state index contributed by atoms with van der Waals surface area (Å²) < 4.78 is 6.23. The maximum Gasteiger partial charge on any atom is 0.152 e. The van der Waals surface area contributed by atoms with E-state index in [0.717, 1.165) is 37.6 Å². The topological polar surface area (TPSA) is 81.0 Å². The van der Waals surface area contributed by atoms with Crippen molar-refractivity contribution in [2.45, 2.75) is 0 Å². The van der Waals surface area contributed by atoms with Crippen molar-refractivity contribution >= 4 is 28.2 Å². The Hall–Kier alpha value is -3.80. The normalized spacial score (nSPS) is 10.3. The number of phenols is 1. The van der Waals surface area contributed by atoms with E-state index in [1.165, 1.54) is 11.3 Å². The van der Waals surface area contributed by atoms with Crippen molar-refractivity contribution in [3.05, 3.63) is 71.1 Å². The standard InChI is InChI=1S/C22H12N2O2S/c23-12-14(13-24)11-17-9-10-20(27-17)22-19-4-2-1-3-18(19)21(26-22)15-5-7-16(25)8-6-15/h1-11,25H. The monoisotopic (exact) mass is 368 g/mol. The van der Waals surface area contributed by atoms with Gasteiger partial charge in [0, 0.05) is 21.2 Å². The summed E-state index contributed by atoms with van der Waals surface area (Å²) in [5.41, 5.74) is 0.945. The second-order valence-electron chi connectivity index (χ2n) is 5.84. The molecule has 128 valence electrons. The summed E-state index contributed by atoms with van der Waals surface area (Å²) in [7, 11) is 0. The molecule has 0 saturated heterocycles. The first kappa shape index (κ1) is 16.7. The molecule has 4 aromatic rings. The molecule has 2 heterocycles. The van der Waals surface area contributed by atoms with Crippen LogP contribution in [0.3, 0.4) is 0 Å². The SMILES string of the molecule is N#CC(C#N)=Cc1ccc(-c2oc(-c3ccc(O)cc3)c3ccccc23)s1. The van der Waals surface area contributed by atoms with E-state index in [0.29, 0.717) is 0 Å². The molecule has 1 N–H and O–H groups in total. The Morgan fingerprint density at radius 3 is 2.22 bits per heavy atom. The number of benzene rings is 2. The summed E-state index contributed by atoms with van der Waals surface area (Å²) in [5.74, 6) is 1.69. The zero-order valence-electron chi connectivity index (χ0n) is 14.0. The minimum Gasteiger partial charge on any atom is -0.508 e. The molecule has 27 heavy (non-hydrogen) atoms. The highest BCUT2D eigenvalue weighted by Crippen LogP contribution is 2.41. The predicted octanol–water partition coefficient (Wildman–Crippen LogP) is 5.96. The van der Waals surface area contributed by atoms with Gasteiger partial charge in [-0.2, -0.15) is 10.5 Å². The molecule has 0 aliphatic heterocycles. The van der Waals surface area contributed by atoms with Crippen LogP contribution in [-0.2, 0) is 0 Å². The Balaban J connectivity index is 1.86. The molecule has 0 amide bonds. The van der Waals surface area contributed by atoms with Crippen molar-refractivity contribution in [3.63, 3.8) is 0 Å². The van der Waals surface area contributed by atoms with Crippen molar-refractivity contribution in [2.24, 2.45) is 0 Å². The van der Waals surface area contributed by atoms with Gasteiger partial charge in [-0.3, -0.25) is 0 Å². The van der Waals surface area contributed by atoms with Gasteiger partial charge in [0.15, 0.2) is 5.76 Å². The number of furan rings is 1. The van der Waals surface area contributed by atoms with Crippen molar-refractivity contribution in [1.82, 2.24) is 0 Å². The van der Waals surface area contributed by atoms with Crippen molar-refractivity contribution < 1.29 is 9.52 Å². The molecule has 0 radical (unpaired) electrons. The Bertz CT molecular complexity index is 1230. The lowest BCUT2D eigenvalue weighted by Gasteiger charge is -1.98. The Labute approximate surface area is 159 Å². The quantitative estimate of drug-likeness (QED) is 0.452. The van der Waals surface area contributed by atoms with Crippen LogP contribution >= 0.6 is 11.3 Å². The molecular weight excluding hydrogens is 356 g/mol. The summed E-state index contributed by atoms with van der Waals surface area (Å²) in [4.78, 5) is 1.73. The second-order valence-corrected chi connectivity index (χ2v) is 6.95. The molecule has 4 nitrogen and oxygen atoms in total. The number of aromatic hydroxyl groups is 1. The summed E-state index contributed by atoms with van der Waals surface area (Å²) in [6.07, 6.45) is 1.57. The average Bonchev–Trinajstić information content (AvgIpc) is 3.31. The summed E-state index contributed by atoms with van der Waals surface area (Å²) in [6, 6.07) is 22.4. The van der Waals surface area contributed by atoms with E-state index in [2.05, 4.69) is 0 Å². The maximum absolute atomic E-state index is 9.54. The highest BCUT2D eigenvalue weighted by atomic mass is 32.1. The first-order chi connectivity index (χ1) is 13.2. The van der Waals surface area contributed by atoms with E-state index in [4.69, 9.17) is 14.9 Å². The molecule has 0 saturated carbocycles. The highest BCUT2D eigenvalue weighted by molar-refractivity contribution is 7.16. The van der Waals surface area contributed by atoms with E-state index in [1.54, 1.807) is 18.2 Å². The third kappa shape index (κ3) is 3.08. The first-order valence-corrected chi connectivity index (χ1v) is 8.94. The Morgan fingerprint density at radius 2 is 1.56 bits per heavy atom. The van der Waals surface area contributed by atoms with Crippen LogP contribution in [0.15, 0.2) is 70.7 Å². The fourth-order valence-corrected chi connectivity index (χ4v) is 3.83. The van der Waals surface area contributed by atoms with Crippen molar-refractivity contribution in [1.29, 1.82) is 10.5 Å². The fourth-order valence-electron chi connectivity index (χ4n) is 2.89. The smallest absolute Gasteiger partial charge is 0.152 e. The van der Waals surface area contributed by atoms with Gasteiger partial charge in [0.1, 0.15) is 29.2 Å². The number of nitriles is 2. The molecule has 5 heteroatoms. The summed E-state index contributed by atoms with van der Waals surface area (Å²) in [5, 5.41) is 29.4. The van der Waals surface area contributed by atoms with Gasteiger partial charge >= 0.3 is 0 Å². The number of fused-ring (bicyclic) bond motifs is 1. The summed E-state index contributed by atoms with van der Waals surface area (Å²) >= 11 is 1.46. The third-order valence-corrected chi connectivity index (χ3v) is 5.16. The van der Waals surface area contributed by atoms with E-state index in [9.17, 15) is 5.11 Å². The molecule has 0 aliphatic carbocycles. The number of phenolic OH excluding ortho intramolecular Hbond substituents is 1. The van der Waals surface area contributed by atoms with E-state index in [1.807, 2.05) is 60.7 Å². The lowest BCUT2D eigenvalue weighted by molar-refractivity contribution is 0.475. The van der Waals surface area contributed by atoms with Crippen LogP contribution in [0.5, 0.6) is 5.75 Å². The van der Waals surface area contributed by atoms with E-state index >= 15 is 0 Å². The zero-order chi connectivity index (χ0) is 18.8. The van der Waals surface area contributed by atoms with Crippen LogP contribution in [0.1, 0.15) is 4.88 Å². The van der Waals surface area contributed by atoms with Gasteiger partial charge in [-0.25, -0.2) is 0 Å². The lowest BCUT2D eigenvalue weighted by Crippen LogP contribution is -1.74. The highest BCUT2D eigenvalue weighted by Gasteiger charge is 2.17. The van der Waals surface area contributed by atoms with Crippen LogP contribution in [0.4, 0.5) is 0 Å². The van der Waals surface area contributed by atoms with Crippen LogP contribution in [0.2, 0.25) is 0 Å². The van der Waals surface area contributed by atoms with Gasteiger partial charge in [-0.05, 0) is 42.5 Å². The van der Waals surface area contributed by atoms with Gasteiger partial charge in [-0.1, -0.05) is 24.3 Å². The van der Waals surface area contributed by atoms with Gasteiger partial charge < -0.3 is 9.52 Å². The summed E-state index contributed by atoms with van der Waals surface area (Å²) in [6.45, 7) is 0. The van der Waals surface area contributed by atoms with Gasteiger partial charge in [0.25, 0.3) is 0 Å². The molecule has 0 unspecified atom stereocenters. The van der Waals surface area contributed by atoms with Crippen LogP contribution in [-0.4, -0.2) is 5.11 Å². The number of nitrogens with zero attached hydrogens (tertiary/aromatic N) is 2. The van der Waals surface area contributed by atoms with Crippen LogP contribution < -0.4 is 0 Å². The maximum atomic E-state index is 9.54. The molecular formula is C22H12N2O2S. The Morgan fingerprint density at radius 1 is 0.889 bits per heavy atom. The number of hydrogen-bond acceptors (Lipinski definition) is 5.